The molecule has 0 unspecified atom stereocenters. The molecule has 1 aromatic carbocycles. The van der Waals surface area contributed by atoms with Crippen LogP contribution in [0.5, 0.6) is 0 Å². The van der Waals surface area contributed by atoms with Crippen molar-refractivity contribution in [2.75, 3.05) is 6.54 Å². The number of hydrogen-bond acceptors (Lipinski definition) is 1. The molecule has 2 rings (SSSR count). The Hall–Kier alpha value is -1.38. The Morgan fingerprint density at radius 1 is 1.43 bits per heavy atom. The molecule has 1 aliphatic carbocycles. The van der Waals surface area contributed by atoms with Gasteiger partial charge in [0.15, 0.2) is 0 Å². The Kier molecular flexibility index (Phi) is 2.23. The summed E-state index contributed by atoms with van der Waals surface area (Å²) in [6.07, 6.45) is 2.57. The summed E-state index contributed by atoms with van der Waals surface area (Å²) in [5.41, 5.74) is 0.598. The van der Waals surface area contributed by atoms with Gasteiger partial charge in [0.25, 0.3) is 0 Å². The number of benzene rings is 1. The molecule has 0 spiro atoms. The minimum atomic E-state index is -0.169. The molecule has 3 heteroatoms. The summed E-state index contributed by atoms with van der Waals surface area (Å²) < 4.78 is 13.4. The SMILES string of the molecule is O=CNCC1(c2ccccc2F)CC1. The van der Waals surface area contributed by atoms with Gasteiger partial charge in [-0.05, 0) is 24.5 Å². The van der Waals surface area contributed by atoms with E-state index in [1.165, 1.54) is 6.07 Å². The van der Waals surface area contributed by atoms with E-state index in [1.807, 2.05) is 6.07 Å². The molecule has 0 heterocycles. The average Bonchev–Trinajstić information content (AvgIpc) is 2.97. The molecule has 1 N–H and O–H groups in total. The zero-order chi connectivity index (χ0) is 10.0. The molecule has 2 nitrogen and oxygen atoms in total. The number of rotatable bonds is 4. The van der Waals surface area contributed by atoms with E-state index in [2.05, 4.69) is 5.32 Å². The molecule has 0 aliphatic heterocycles. The van der Waals surface area contributed by atoms with Crippen molar-refractivity contribution in [1.82, 2.24) is 5.32 Å². The number of nitrogens with one attached hydrogen (secondary N) is 1. The molecule has 0 aromatic heterocycles. The summed E-state index contributed by atoms with van der Waals surface area (Å²) in [5, 5.41) is 2.63. The van der Waals surface area contributed by atoms with Gasteiger partial charge in [0.05, 0.1) is 0 Å². The lowest BCUT2D eigenvalue weighted by Crippen LogP contribution is -2.26. The van der Waals surface area contributed by atoms with Gasteiger partial charge < -0.3 is 5.32 Å². The number of carbonyl (C=O) groups excluding carboxylic acids is 1. The highest BCUT2D eigenvalue weighted by molar-refractivity contribution is 5.47. The van der Waals surface area contributed by atoms with Crippen LogP contribution in [0.15, 0.2) is 24.3 Å². The van der Waals surface area contributed by atoms with Crippen LogP contribution in [0.4, 0.5) is 4.39 Å². The fourth-order valence-corrected chi connectivity index (χ4v) is 1.82. The Morgan fingerprint density at radius 2 is 2.14 bits per heavy atom. The van der Waals surface area contributed by atoms with Crippen LogP contribution in [-0.2, 0) is 10.2 Å². The van der Waals surface area contributed by atoms with Crippen LogP contribution >= 0.6 is 0 Å². The highest BCUT2D eigenvalue weighted by Gasteiger charge is 2.45. The number of carbonyl (C=O) groups is 1. The predicted octanol–water partition coefficient (Wildman–Crippen LogP) is 1.60. The molecule has 1 fully saturated rings. The first kappa shape index (κ1) is 9.19. The molecule has 1 amide bonds. The van der Waals surface area contributed by atoms with Gasteiger partial charge in [0, 0.05) is 12.0 Å². The Bertz CT molecular complexity index is 347. The van der Waals surface area contributed by atoms with Gasteiger partial charge in [-0.15, -0.1) is 0 Å². The first-order valence-corrected chi connectivity index (χ1v) is 4.70. The Morgan fingerprint density at radius 3 is 2.71 bits per heavy atom. The monoisotopic (exact) mass is 193 g/mol. The van der Waals surface area contributed by atoms with E-state index in [1.54, 1.807) is 12.1 Å². The molecule has 1 saturated carbocycles. The van der Waals surface area contributed by atoms with Gasteiger partial charge in [-0.3, -0.25) is 4.79 Å². The molecule has 74 valence electrons. The first-order valence-electron chi connectivity index (χ1n) is 4.70. The summed E-state index contributed by atoms with van der Waals surface area (Å²) in [4.78, 5) is 10.2. The van der Waals surface area contributed by atoms with Crippen molar-refractivity contribution in [1.29, 1.82) is 0 Å². The normalized spacial score (nSPS) is 17.5. The summed E-state index contributed by atoms with van der Waals surface area (Å²) in [7, 11) is 0. The van der Waals surface area contributed by atoms with Crippen molar-refractivity contribution in [3.05, 3.63) is 35.6 Å². The maximum absolute atomic E-state index is 13.4. The van der Waals surface area contributed by atoms with E-state index < -0.39 is 0 Å². The van der Waals surface area contributed by atoms with Crippen molar-refractivity contribution in [3.63, 3.8) is 0 Å². The minimum absolute atomic E-state index is 0.133. The lowest BCUT2D eigenvalue weighted by Gasteiger charge is -2.15. The largest absolute Gasteiger partial charge is 0.358 e. The van der Waals surface area contributed by atoms with Gasteiger partial charge in [-0.25, -0.2) is 4.39 Å². The van der Waals surface area contributed by atoms with Gasteiger partial charge in [0.1, 0.15) is 5.82 Å². The molecular weight excluding hydrogens is 181 g/mol. The second-order valence-electron chi connectivity index (χ2n) is 3.76. The summed E-state index contributed by atoms with van der Waals surface area (Å²) in [5.74, 6) is -0.169. The van der Waals surface area contributed by atoms with Crippen LogP contribution in [0.3, 0.4) is 0 Å². The standard InChI is InChI=1S/C11H12FNO/c12-10-4-2-1-3-9(10)11(5-6-11)7-13-8-14/h1-4,8H,5-7H2,(H,13,14). The van der Waals surface area contributed by atoms with Crippen molar-refractivity contribution in [2.45, 2.75) is 18.3 Å². The number of amides is 1. The highest BCUT2D eigenvalue weighted by Crippen LogP contribution is 2.48. The van der Waals surface area contributed by atoms with E-state index in [0.29, 0.717) is 13.0 Å². The zero-order valence-corrected chi connectivity index (χ0v) is 7.79. The van der Waals surface area contributed by atoms with Crippen LogP contribution in [0.1, 0.15) is 18.4 Å². The maximum Gasteiger partial charge on any atom is 0.207 e. The first-order chi connectivity index (χ1) is 6.78. The molecular formula is C11H12FNO. The number of hydrogen-bond donors (Lipinski definition) is 1. The summed E-state index contributed by atoms with van der Waals surface area (Å²) in [6, 6.07) is 6.78. The highest BCUT2D eigenvalue weighted by atomic mass is 19.1. The molecule has 14 heavy (non-hydrogen) atoms. The van der Waals surface area contributed by atoms with Crippen molar-refractivity contribution in [2.24, 2.45) is 0 Å². The van der Waals surface area contributed by atoms with Gasteiger partial charge in [-0.2, -0.15) is 0 Å². The van der Waals surface area contributed by atoms with Crippen LogP contribution in [0.2, 0.25) is 0 Å². The van der Waals surface area contributed by atoms with Gasteiger partial charge in [-0.1, -0.05) is 18.2 Å². The summed E-state index contributed by atoms with van der Waals surface area (Å²) in [6.45, 7) is 0.539. The van der Waals surface area contributed by atoms with Crippen LogP contribution in [0, 0.1) is 5.82 Å². The van der Waals surface area contributed by atoms with Crippen LogP contribution in [-0.4, -0.2) is 13.0 Å². The van der Waals surface area contributed by atoms with E-state index >= 15 is 0 Å². The van der Waals surface area contributed by atoms with Crippen LogP contribution < -0.4 is 5.32 Å². The summed E-state index contributed by atoms with van der Waals surface area (Å²) >= 11 is 0. The third kappa shape index (κ3) is 1.50. The van der Waals surface area contributed by atoms with Gasteiger partial charge in [0.2, 0.25) is 6.41 Å². The van der Waals surface area contributed by atoms with Crippen molar-refractivity contribution >= 4 is 6.41 Å². The zero-order valence-electron chi connectivity index (χ0n) is 7.79. The second-order valence-corrected chi connectivity index (χ2v) is 3.76. The molecule has 0 atom stereocenters. The van der Waals surface area contributed by atoms with E-state index in [4.69, 9.17) is 0 Å². The fourth-order valence-electron chi connectivity index (χ4n) is 1.82. The molecule has 1 aliphatic rings. The molecule has 0 radical (unpaired) electrons. The third-order valence-corrected chi connectivity index (χ3v) is 2.82. The topological polar surface area (TPSA) is 29.1 Å². The Balaban J connectivity index is 2.22. The third-order valence-electron chi connectivity index (χ3n) is 2.82. The lowest BCUT2D eigenvalue weighted by molar-refractivity contribution is -0.109. The molecule has 1 aromatic rings. The quantitative estimate of drug-likeness (QED) is 0.723. The van der Waals surface area contributed by atoms with Crippen LogP contribution in [0.25, 0.3) is 0 Å². The fraction of sp³-hybridized carbons (Fsp3) is 0.364. The number of halogens is 1. The average molecular weight is 193 g/mol. The minimum Gasteiger partial charge on any atom is -0.358 e. The van der Waals surface area contributed by atoms with Crippen molar-refractivity contribution in [3.8, 4) is 0 Å². The van der Waals surface area contributed by atoms with E-state index in [0.717, 1.165) is 18.4 Å². The van der Waals surface area contributed by atoms with E-state index in [-0.39, 0.29) is 11.2 Å². The molecule has 0 saturated heterocycles. The smallest absolute Gasteiger partial charge is 0.207 e. The predicted molar refractivity (Wildman–Crippen MR) is 51.4 cm³/mol. The lowest BCUT2D eigenvalue weighted by atomic mass is 9.95. The second kappa shape index (κ2) is 3.40. The Labute approximate surface area is 82.1 Å². The van der Waals surface area contributed by atoms with E-state index in [9.17, 15) is 9.18 Å². The van der Waals surface area contributed by atoms with Crippen molar-refractivity contribution < 1.29 is 9.18 Å². The van der Waals surface area contributed by atoms with Gasteiger partial charge >= 0.3 is 0 Å². The molecule has 0 bridgehead atoms. The maximum atomic E-state index is 13.4.